The highest BCUT2D eigenvalue weighted by molar-refractivity contribution is 7.19. The summed E-state index contributed by atoms with van der Waals surface area (Å²) in [4.78, 5) is 33.2. The maximum atomic E-state index is 13.1. The molecule has 1 aliphatic heterocycles. The molecule has 1 aliphatic carbocycles. The van der Waals surface area contributed by atoms with E-state index in [2.05, 4.69) is 47.3 Å². The molecule has 1 fully saturated rings. The van der Waals surface area contributed by atoms with Gasteiger partial charge < -0.3 is 15.1 Å². The number of nitrogens with zero attached hydrogens (tertiary/aromatic N) is 6. The molecule has 1 saturated heterocycles. The number of thiophene rings is 1. The molecule has 164 valence electrons. The Labute approximate surface area is 188 Å². The van der Waals surface area contributed by atoms with E-state index in [0.29, 0.717) is 5.91 Å². The number of aryl methyl sites for hydroxylation is 1. The molecule has 10 heteroatoms. The van der Waals surface area contributed by atoms with E-state index in [1.807, 2.05) is 6.07 Å². The third-order valence-corrected chi connectivity index (χ3v) is 7.73. The number of hydrogen-bond donors (Lipinski definition) is 2. The lowest BCUT2D eigenvalue weighted by Gasteiger charge is -2.35. The van der Waals surface area contributed by atoms with Crippen LogP contribution in [-0.4, -0.2) is 74.1 Å². The predicted molar refractivity (Wildman–Crippen MR) is 124 cm³/mol. The van der Waals surface area contributed by atoms with Crippen molar-refractivity contribution >= 4 is 50.0 Å². The first kappa shape index (κ1) is 19.6. The highest BCUT2D eigenvalue weighted by Crippen LogP contribution is 2.40. The molecule has 1 unspecified atom stereocenters. The monoisotopic (exact) mass is 448 g/mol. The number of carbonyl (C=O) groups is 1. The van der Waals surface area contributed by atoms with Gasteiger partial charge in [0.2, 0.25) is 5.91 Å². The van der Waals surface area contributed by atoms with Gasteiger partial charge in [0, 0.05) is 42.4 Å². The van der Waals surface area contributed by atoms with Crippen molar-refractivity contribution in [2.45, 2.75) is 19.3 Å². The van der Waals surface area contributed by atoms with Crippen molar-refractivity contribution in [2.75, 3.05) is 38.5 Å². The molecule has 4 aromatic heterocycles. The molecule has 4 aromatic rings. The molecule has 0 spiro atoms. The van der Waals surface area contributed by atoms with Gasteiger partial charge in [0.05, 0.1) is 23.5 Å². The van der Waals surface area contributed by atoms with Crippen LogP contribution >= 0.6 is 11.3 Å². The predicted octanol–water partition coefficient (Wildman–Crippen LogP) is 2.59. The molecule has 9 nitrogen and oxygen atoms in total. The van der Waals surface area contributed by atoms with Crippen molar-refractivity contribution in [3.05, 3.63) is 35.2 Å². The van der Waals surface area contributed by atoms with Crippen molar-refractivity contribution in [2.24, 2.45) is 5.92 Å². The van der Waals surface area contributed by atoms with Gasteiger partial charge in [0.1, 0.15) is 17.0 Å². The lowest BCUT2D eigenvalue weighted by molar-refractivity contribution is -0.137. The highest BCUT2D eigenvalue weighted by Gasteiger charge is 2.32. The lowest BCUT2D eigenvalue weighted by atomic mass is 9.86. The first-order valence-electron chi connectivity index (χ1n) is 10.9. The summed E-state index contributed by atoms with van der Waals surface area (Å²) < 4.78 is 0. The maximum Gasteiger partial charge on any atom is 0.226 e. The quantitative estimate of drug-likeness (QED) is 0.497. The van der Waals surface area contributed by atoms with Crippen LogP contribution in [-0.2, 0) is 17.6 Å². The van der Waals surface area contributed by atoms with E-state index >= 15 is 0 Å². The largest absolute Gasteiger partial charge is 0.340 e. The number of rotatable bonds is 3. The zero-order valence-corrected chi connectivity index (χ0v) is 18.7. The molecular formula is C22H24N8OS. The Morgan fingerprint density at radius 1 is 1.19 bits per heavy atom. The van der Waals surface area contributed by atoms with Gasteiger partial charge in [-0.1, -0.05) is 0 Å². The molecule has 0 bridgehead atoms. The SMILES string of the molecule is CN1CCN(C(=O)C2CCc3c(sc4ncnc(Nc5cnc6[nH]ncc6c5)c34)C2)CC1. The van der Waals surface area contributed by atoms with Gasteiger partial charge in [0.15, 0.2) is 5.65 Å². The van der Waals surface area contributed by atoms with Crippen LogP contribution in [0.2, 0.25) is 0 Å². The highest BCUT2D eigenvalue weighted by atomic mass is 32.1. The van der Waals surface area contributed by atoms with E-state index < -0.39 is 0 Å². The van der Waals surface area contributed by atoms with Gasteiger partial charge in [-0.05, 0) is 37.9 Å². The van der Waals surface area contributed by atoms with Crippen molar-refractivity contribution in [3.8, 4) is 0 Å². The number of anilines is 2. The van der Waals surface area contributed by atoms with Crippen molar-refractivity contribution in [3.63, 3.8) is 0 Å². The summed E-state index contributed by atoms with van der Waals surface area (Å²) >= 11 is 1.70. The average Bonchev–Trinajstić information content (AvgIpc) is 3.43. The molecule has 1 amide bonds. The summed E-state index contributed by atoms with van der Waals surface area (Å²) in [7, 11) is 2.11. The minimum absolute atomic E-state index is 0.0658. The number of hydrogen-bond acceptors (Lipinski definition) is 8. The van der Waals surface area contributed by atoms with Gasteiger partial charge in [-0.2, -0.15) is 5.10 Å². The van der Waals surface area contributed by atoms with Crippen LogP contribution in [0.1, 0.15) is 16.9 Å². The van der Waals surface area contributed by atoms with Crippen LogP contribution in [0.25, 0.3) is 21.3 Å². The maximum absolute atomic E-state index is 13.1. The van der Waals surface area contributed by atoms with Gasteiger partial charge in [0.25, 0.3) is 0 Å². The zero-order valence-electron chi connectivity index (χ0n) is 17.8. The number of fused-ring (bicyclic) bond motifs is 4. The lowest BCUT2D eigenvalue weighted by Crippen LogP contribution is -2.49. The van der Waals surface area contributed by atoms with E-state index in [1.54, 1.807) is 30.1 Å². The van der Waals surface area contributed by atoms with Gasteiger partial charge in [-0.15, -0.1) is 11.3 Å². The summed E-state index contributed by atoms with van der Waals surface area (Å²) in [5, 5.41) is 12.3. The summed E-state index contributed by atoms with van der Waals surface area (Å²) in [6, 6.07) is 2.00. The van der Waals surface area contributed by atoms with E-state index in [9.17, 15) is 4.79 Å². The molecule has 2 aliphatic rings. The molecule has 0 aromatic carbocycles. The smallest absolute Gasteiger partial charge is 0.226 e. The second kappa shape index (κ2) is 7.79. The third kappa shape index (κ3) is 3.39. The van der Waals surface area contributed by atoms with Crippen LogP contribution in [0.3, 0.4) is 0 Å². The Hall–Kier alpha value is -3.11. The van der Waals surface area contributed by atoms with E-state index in [4.69, 9.17) is 0 Å². The number of carbonyl (C=O) groups excluding carboxylic acids is 1. The number of nitrogens with one attached hydrogen (secondary N) is 2. The summed E-state index contributed by atoms with van der Waals surface area (Å²) in [6.45, 7) is 3.58. The summed E-state index contributed by atoms with van der Waals surface area (Å²) in [5.41, 5.74) is 2.90. The summed E-state index contributed by atoms with van der Waals surface area (Å²) in [5.74, 6) is 1.17. The van der Waals surface area contributed by atoms with Crippen LogP contribution < -0.4 is 5.32 Å². The Morgan fingerprint density at radius 2 is 2.06 bits per heavy atom. The third-order valence-electron chi connectivity index (χ3n) is 6.56. The zero-order chi connectivity index (χ0) is 21.7. The topological polar surface area (TPSA) is 103 Å². The second-order valence-corrected chi connectivity index (χ2v) is 9.71. The van der Waals surface area contributed by atoms with E-state index in [1.165, 1.54) is 10.4 Å². The van der Waals surface area contributed by atoms with Crippen molar-refractivity contribution in [1.82, 2.24) is 34.9 Å². The molecule has 0 saturated carbocycles. The average molecular weight is 449 g/mol. The number of H-pyrrole nitrogens is 1. The first-order chi connectivity index (χ1) is 15.7. The fraction of sp³-hybridized carbons (Fsp3) is 0.409. The summed E-state index contributed by atoms with van der Waals surface area (Å²) in [6.07, 6.45) is 7.68. The Kier molecular flexibility index (Phi) is 4.76. The normalized spacial score (nSPS) is 19.4. The minimum Gasteiger partial charge on any atom is -0.340 e. The number of pyridine rings is 1. The molecule has 5 heterocycles. The van der Waals surface area contributed by atoms with Gasteiger partial charge >= 0.3 is 0 Å². The molecule has 6 rings (SSSR count). The molecule has 2 N–H and O–H groups in total. The van der Waals surface area contributed by atoms with Crippen LogP contribution in [0.5, 0.6) is 0 Å². The first-order valence-corrected chi connectivity index (χ1v) is 11.8. The number of amides is 1. The Bertz CT molecular complexity index is 1310. The molecule has 1 atom stereocenters. The van der Waals surface area contributed by atoms with E-state index in [-0.39, 0.29) is 5.92 Å². The fourth-order valence-corrected chi connectivity index (χ4v) is 6.01. The van der Waals surface area contributed by atoms with Crippen LogP contribution in [0, 0.1) is 5.92 Å². The second-order valence-electron chi connectivity index (χ2n) is 8.63. The van der Waals surface area contributed by atoms with Crippen molar-refractivity contribution in [1.29, 1.82) is 0 Å². The van der Waals surface area contributed by atoms with Crippen LogP contribution in [0.15, 0.2) is 24.8 Å². The minimum atomic E-state index is 0.0658. The van der Waals surface area contributed by atoms with Crippen molar-refractivity contribution < 1.29 is 4.79 Å². The standard InChI is InChI=1S/C22H24N8OS/c1-29-4-6-30(7-5-29)22(31)13-2-3-16-17(9-13)32-21-18(16)20(24-12-25-21)27-15-8-14-10-26-28-19(14)23-11-15/h8,10-13H,2-7,9H2,1H3,(H,23,26,28)(H,24,25,27). The van der Waals surface area contributed by atoms with Gasteiger partial charge in [-0.25, -0.2) is 15.0 Å². The Balaban J connectivity index is 1.27. The number of piperazine rings is 1. The molecule has 32 heavy (non-hydrogen) atoms. The number of aromatic nitrogens is 5. The van der Waals surface area contributed by atoms with Gasteiger partial charge in [-0.3, -0.25) is 9.89 Å². The molecular weight excluding hydrogens is 424 g/mol. The number of aromatic amines is 1. The Morgan fingerprint density at radius 3 is 2.94 bits per heavy atom. The van der Waals surface area contributed by atoms with E-state index in [0.717, 1.165) is 78.2 Å². The fourth-order valence-electron chi connectivity index (χ4n) is 4.74. The molecule has 0 radical (unpaired) electrons. The van der Waals surface area contributed by atoms with Crippen LogP contribution in [0.4, 0.5) is 11.5 Å². The number of likely N-dealkylation sites (N-methyl/N-ethyl adjacent to an activating group) is 1.